The molecule has 0 atom stereocenters. The highest BCUT2D eigenvalue weighted by atomic mass is 35.5. The van der Waals surface area contributed by atoms with Gasteiger partial charge in [0.05, 0.1) is 9.90 Å². The first kappa shape index (κ1) is 16.1. The summed E-state index contributed by atoms with van der Waals surface area (Å²) in [7, 11) is 0. The van der Waals surface area contributed by atoms with E-state index in [9.17, 15) is 9.18 Å². The van der Waals surface area contributed by atoms with Crippen LogP contribution in [0.15, 0.2) is 42.5 Å². The molecule has 1 aliphatic heterocycles. The topological polar surface area (TPSA) is 38.3 Å². The number of ether oxygens (including phenoxy) is 1. The highest BCUT2D eigenvalue weighted by Crippen LogP contribution is 2.44. The molecule has 2 heterocycles. The molecule has 1 aliphatic rings. The summed E-state index contributed by atoms with van der Waals surface area (Å²) >= 11 is 7.19. The maximum Gasteiger partial charge on any atom is 0.265 e. The number of hydrogen-bond donors (Lipinski definition) is 1. The zero-order valence-corrected chi connectivity index (χ0v) is 14.8. The van der Waals surface area contributed by atoms with Gasteiger partial charge in [-0.05, 0) is 42.8 Å². The van der Waals surface area contributed by atoms with E-state index >= 15 is 0 Å². The minimum Gasteiger partial charge on any atom is -0.488 e. The maximum absolute atomic E-state index is 13.2. The van der Waals surface area contributed by atoms with Gasteiger partial charge in [-0.25, -0.2) is 4.39 Å². The molecule has 0 unspecified atom stereocenters. The van der Waals surface area contributed by atoms with Crippen LogP contribution in [0.25, 0.3) is 10.4 Å². The molecule has 3 aromatic rings. The Balaban J connectivity index is 1.66. The Morgan fingerprint density at radius 2 is 2.12 bits per heavy atom. The molecule has 0 spiro atoms. The van der Waals surface area contributed by atoms with E-state index in [4.69, 9.17) is 16.3 Å². The standard InChI is InChI=1S/C19H13ClFNO2S/c1-10-3-2-4-15-17(10)18-11(9-24-15)7-16(25-18)19(23)22-12-5-6-14(21)13(20)8-12/h2-8H,9H2,1H3,(H,22,23). The second kappa shape index (κ2) is 6.17. The number of rotatable bonds is 2. The van der Waals surface area contributed by atoms with Crippen molar-refractivity contribution in [2.24, 2.45) is 0 Å². The quantitative estimate of drug-likeness (QED) is 0.629. The van der Waals surface area contributed by atoms with E-state index in [1.165, 1.54) is 29.5 Å². The average Bonchev–Trinajstić information content (AvgIpc) is 3.02. The fourth-order valence-corrected chi connectivity index (χ4v) is 4.19. The number of amides is 1. The normalized spacial score (nSPS) is 12.1. The first-order chi connectivity index (χ1) is 12.0. The lowest BCUT2D eigenvalue weighted by Crippen LogP contribution is -2.10. The lowest BCUT2D eigenvalue weighted by atomic mass is 10.0. The first-order valence-corrected chi connectivity index (χ1v) is 8.84. The number of carbonyl (C=O) groups excluding carboxylic acids is 1. The van der Waals surface area contributed by atoms with Crippen LogP contribution in [-0.2, 0) is 6.61 Å². The third kappa shape index (κ3) is 2.90. The number of anilines is 1. The van der Waals surface area contributed by atoms with Crippen LogP contribution in [-0.4, -0.2) is 5.91 Å². The fourth-order valence-electron chi connectivity index (χ4n) is 2.83. The number of aryl methyl sites for hydroxylation is 1. The van der Waals surface area contributed by atoms with Crippen LogP contribution < -0.4 is 10.1 Å². The van der Waals surface area contributed by atoms with Gasteiger partial charge in [-0.15, -0.1) is 11.3 Å². The molecule has 0 aliphatic carbocycles. The third-order valence-electron chi connectivity index (χ3n) is 4.06. The summed E-state index contributed by atoms with van der Waals surface area (Å²) in [5.41, 5.74) is 3.60. The molecule has 1 amide bonds. The number of halogens is 2. The number of nitrogens with one attached hydrogen (secondary N) is 1. The van der Waals surface area contributed by atoms with Gasteiger partial charge in [0.25, 0.3) is 5.91 Å². The molecule has 0 radical (unpaired) electrons. The lowest BCUT2D eigenvalue weighted by molar-refractivity contribution is 0.103. The fraction of sp³-hybridized carbons (Fsp3) is 0.105. The van der Waals surface area contributed by atoms with E-state index in [1.54, 1.807) is 0 Å². The van der Waals surface area contributed by atoms with Crippen LogP contribution in [0.1, 0.15) is 20.8 Å². The van der Waals surface area contributed by atoms with E-state index in [0.29, 0.717) is 17.2 Å². The molecule has 1 aromatic heterocycles. The number of hydrogen-bond acceptors (Lipinski definition) is 3. The zero-order chi connectivity index (χ0) is 17.6. The molecular weight excluding hydrogens is 361 g/mol. The summed E-state index contributed by atoms with van der Waals surface area (Å²) in [6, 6.07) is 11.9. The van der Waals surface area contributed by atoms with Gasteiger partial charge in [0.1, 0.15) is 18.2 Å². The molecule has 3 nitrogen and oxygen atoms in total. The summed E-state index contributed by atoms with van der Waals surface area (Å²) in [5, 5.41) is 2.73. The van der Waals surface area contributed by atoms with Gasteiger partial charge in [0.15, 0.2) is 0 Å². The Kier molecular flexibility index (Phi) is 3.98. The SMILES string of the molecule is Cc1cccc2c1-c1sc(C(=O)Nc3ccc(F)c(Cl)c3)cc1CO2. The van der Waals surface area contributed by atoms with Crippen molar-refractivity contribution >= 4 is 34.5 Å². The minimum atomic E-state index is -0.518. The van der Waals surface area contributed by atoms with Crippen molar-refractivity contribution in [3.05, 3.63) is 69.3 Å². The number of carbonyl (C=O) groups is 1. The van der Waals surface area contributed by atoms with Gasteiger partial charge in [-0.2, -0.15) is 0 Å². The Hall–Kier alpha value is -2.37. The average molecular weight is 374 g/mol. The summed E-state index contributed by atoms with van der Waals surface area (Å²) in [6.45, 7) is 2.47. The van der Waals surface area contributed by atoms with Crippen molar-refractivity contribution in [2.45, 2.75) is 13.5 Å². The van der Waals surface area contributed by atoms with E-state index < -0.39 is 5.82 Å². The van der Waals surface area contributed by atoms with E-state index in [1.807, 2.05) is 31.2 Å². The third-order valence-corrected chi connectivity index (χ3v) is 5.54. The summed E-state index contributed by atoms with van der Waals surface area (Å²) in [6.07, 6.45) is 0. The van der Waals surface area contributed by atoms with Gasteiger partial charge in [-0.3, -0.25) is 4.79 Å². The van der Waals surface area contributed by atoms with Crippen LogP contribution >= 0.6 is 22.9 Å². The van der Waals surface area contributed by atoms with Crippen molar-refractivity contribution < 1.29 is 13.9 Å². The van der Waals surface area contributed by atoms with Gasteiger partial charge in [-0.1, -0.05) is 23.7 Å². The summed E-state index contributed by atoms with van der Waals surface area (Å²) in [4.78, 5) is 14.2. The van der Waals surface area contributed by atoms with Crippen LogP contribution in [0.3, 0.4) is 0 Å². The maximum atomic E-state index is 13.2. The summed E-state index contributed by atoms with van der Waals surface area (Å²) < 4.78 is 19.0. The number of thiophene rings is 1. The largest absolute Gasteiger partial charge is 0.488 e. The second-order valence-corrected chi connectivity index (χ2v) is 7.24. The lowest BCUT2D eigenvalue weighted by Gasteiger charge is -2.19. The van der Waals surface area contributed by atoms with Crippen molar-refractivity contribution in [2.75, 3.05) is 5.32 Å². The molecule has 0 fully saturated rings. The van der Waals surface area contributed by atoms with Gasteiger partial charge < -0.3 is 10.1 Å². The number of fused-ring (bicyclic) bond motifs is 3. The predicted octanol–water partition coefficient (Wildman–Crippen LogP) is 5.66. The predicted molar refractivity (Wildman–Crippen MR) is 98.2 cm³/mol. The van der Waals surface area contributed by atoms with Crippen LogP contribution in [0, 0.1) is 12.7 Å². The smallest absolute Gasteiger partial charge is 0.265 e. The highest BCUT2D eigenvalue weighted by molar-refractivity contribution is 7.17. The molecule has 6 heteroatoms. The highest BCUT2D eigenvalue weighted by Gasteiger charge is 2.24. The Morgan fingerprint density at radius 1 is 1.28 bits per heavy atom. The molecule has 1 N–H and O–H groups in total. The molecule has 4 rings (SSSR count). The van der Waals surface area contributed by atoms with Crippen LogP contribution in [0.2, 0.25) is 5.02 Å². The van der Waals surface area contributed by atoms with Crippen LogP contribution in [0.5, 0.6) is 5.75 Å². The number of benzene rings is 2. The molecule has 0 bridgehead atoms. The Bertz CT molecular complexity index is 999. The van der Waals surface area contributed by atoms with Gasteiger partial charge >= 0.3 is 0 Å². The van der Waals surface area contributed by atoms with Crippen molar-refractivity contribution in [1.82, 2.24) is 0 Å². The van der Waals surface area contributed by atoms with Crippen molar-refractivity contribution in [3.63, 3.8) is 0 Å². The van der Waals surface area contributed by atoms with Gasteiger partial charge in [0.2, 0.25) is 0 Å². The molecule has 0 saturated heterocycles. The zero-order valence-electron chi connectivity index (χ0n) is 13.2. The Labute approximate surface area is 153 Å². The van der Waals surface area contributed by atoms with Crippen LogP contribution in [0.4, 0.5) is 10.1 Å². The molecule has 25 heavy (non-hydrogen) atoms. The van der Waals surface area contributed by atoms with Crippen molar-refractivity contribution in [1.29, 1.82) is 0 Å². The summed E-state index contributed by atoms with van der Waals surface area (Å²) in [5.74, 6) is 0.0688. The first-order valence-electron chi connectivity index (χ1n) is 7.65. The monoisotopic (exact) mass is 373 g/mol. The molecule has 0 saturated carbocycles. The van der Waals surface area contributed by atoms with Gasteiger partial charge in [0, 0.05) is 21.7 Å². The molecule has 126 valence electrons. The van der Waals surface area contributed by atoms with Crippen molar-refractivity contribution in [3.8, 4) is 16.2 Å². The molecule has 2 aromatic carbocycles. The van der Waals surface area contributed by atoms with E-state index in [-0.39, 0.29) is 10.9 Å². The Morgan fingerprint density at radius 3 is 2.92 bits per heavy atom. The second-order valence-electron chi connectivity index (χ2n) is 5.78. The molecular formula is C19H13ClFNO2S. The van der Waals surface area contributed by atoms with E-state index in [0.717, 1.165) is 27.3 Å². The van der Waals surface area contributed by atoms with E-state index in [2.05, 4.69) is 5.32 Å². The minimum absolute atomic E-state index is 0.0266.